The minimum atomic E-state index is 0.865. The first-order valence-electron chi connectivity index (χ1n) is 19.2. The predicted molar refractivity (Wildman–Crippen MR) is 237 cm³/mol. The number of rotatable bonds is 6. The van der Waals surface area contributed by atoms with Crippen molar-refractivity contribution in [3.63, 3.8) is 0 Å². The second kappa shape index (κ2) is 13.2. The average Bonchev–Trinajstić information content (AvgIpc) is 3.67. The fourth-order valence-electron chi connectivity index (χ4n) is 8.69. The molecule has 0 saturated carbocycles. The molecular weight excluding hydrogens is 679 g/mol. The van der Waals surface area contributed by atoms with Gasteiger partial charge in [-0.05, 0) is 91.1 Å². The van der Waals surface area contributed by atoms with Crippen LogP contribution in [0.2, 0.25) is 0 Å². The number of benzene rings is 10. The van der Waals surface area contributed by atoms with E-state index in [1.54, 1.807) is 0 Å². The lowest BCUT2D eigenvalue weighted by Crippen LogP contribution is -2.11. The Hall–Kier alpha value is -7.42. The largest absolute Gasteiger partial charge is 0.455 e. The van der Waals surface area contributed by atoms with Gasteiger partial charge in [-0.1, -0.05) is 176 Å². The highest BCUT2D eigenvalue weighted by molar-refractivity contribution is 6.20. The fourth-order valence-corrected chi connectivity index (χ4v) is 8.69. The topological polar surface area (TPSA) is 16.4 Å². The highest BCUT2D eigenvalue weighted by atomic mass is 16.3. The molecule has 2 heteroatoms. The van der Waals surface area contributed by atoms with Gasteiger partial charge in [0.15, 0.2) is 0 Å². The van der Waals surface area contributed by atoms with Crippen LogP contribution in [0, 0.1) is 0 Å². The van der Waals surface area contributed by atoms with Crippen molar-refractivity contribution >= 4 is 71.3 Å². The molecule has 0 N–H and O–H groups in total. The molecule has 0 aliphatic carbocycles. The number of hydrogen-bond acceptors (Lipinski definition) is 2. The molecular formula is C54H35NO. The molecule has 0 bridgehead atoms. The van der Waals surface area contributed by atoms with E-state index >= 15 is 0 Å². The van der Waals surface area contributed by atoms with Crippen LogP contribution in [0.25, 0.3) is 87.6 Å². The third-order valence-electron chi connectivity index (χ3n) is 11.3. The van der Waals surface area contributed by atoms with Crippen LogP contribution in [0.15, 0.2) is 217 Å². The Balaban J connectivity index is 1.25. The van der Waals surface area contributed by atoms with E-state index in [9.17, 15) is 0 Å². The Labute approximate surface area is 325 Å². The van der Waals surface area contributed by atoms with E-state index in [0.717, 1.165) is 50.1 Å². The number of furan rings is 1. The highest BCUT2D eigenvalue weighted by Crippen LogP contribution is 2.49. The van der Waals surface area contributed by atoms with Crippen molar-refractivity contribution in [2.75, 3.05) is 4.90 Å². The van der Waals surface area contributed by atoms with E-state index in [4.69, 9.17) is 4.42 Å². The van der Waals surface area contributed by atoms with Crippen LogP contribution in [0.1, 0.15) is 0 Å². The lowest BCUT2D eigenvalue weighted by Gasteiger charge is -2.29. The molecule has 0 amide bonds. The summed E-state index contributed by atoms with van der Waals surface area (Å²) in [6.45, 7) is 0. The minimum Gasteiger partial charge on any atom is -0.455 e. The molecule has 0 spiro atoms. The van der Waals surface area contributed by atoms with Crippen LogP contribution in [0.4, 0.5) is 17.1 Å². The normalized spacial score (nSPS) is 11.6. The number of anilines is 3. The first-order chi connectivity index (χ1) is 27.8. The van der Waals surface area contributed by atoms with Gasteiger partial charge in [0.25, 0.3) is 0 Å². The second-order valence-electron chi connectivity index (χ2n) is 14.4. The quantitative estimate of drug-likeness (QED) is 0.160. The third-order valence-corrected chi connectivity index (χ3v) is 11.3. The predicted octanol–water partition coefficient (Wildman–Crippen LogP) is 15.5. The third kappa shape index (κ3) is 5.19. The summed E-state index contributed by atoms with van der Waals surface area (Å²) in [7, 11) is 0. The maximum atomic E-state index is 6.94. The van der Waals surface area contributed by atoms with E-state index in [1.807, 2.05) is 0 Å². The van der Waals surface area contributed by atoms with Crippen molar-refractivity contribution < 1.29 is 4.42 Å². The highest BCUT2D eigenvalue weighted by Gasteiger charge is 2.25. The summed E-state index contributed by atoms with van der Waals surface area (Å²) < 4.78 is 6.94. The first kappa shape index (κ1) is 32.0. The molecule has 0 atom stereocenters. The molecule has 0 radical (unpaired) electrons. The van der Waals surface area contributed by atoms with Gasteiger partial charge in [0.1, 0.15) is 11.2 Å². The molecule has 2 nitrogen and oxygen atoms in total. The van der Waals surface area contributed by atoms with E-state index < -0.39 is 0 Å². The zero-order valence-electron chi connectivity index (χ0n) is 30.6. The Bertz CT molecular complexity index is 3250. The van der Waals surface area contributed by atoms with Gasteiger partial charge in [-0.2, -0.15) is 0 Å². The van der Waals surface area contributed by atoms with Crippen molar-refractivity contribution in [2.45, 2.75) is 0 Å². The maximum Gasteiger partial charge on any atom is 0.145 e. The summed E-state index contributed by atoms with van der Waals surface area (Å²) in [6, 6.07) is 76.4. The molecule has 56 heavy (non-hydrogen) atoms. The number of hydrogen-bond donors (Lipinski definition) is 0. The summed E-state index contributed by atoms with van der Waals surface area (Å²) in [5.74, 6) is 0. The van der Waals surface area contributed by atoms with E-state index in [1.165, 1.54) is 54.6 Å². The minimum absolute atomic E-state index is 0.865. The van der Waals surface area contributed by atoms with Gasteiger partial charge in [-0.25, -0.2) is 0 Å². The van der Waals surface area contributed by atoms with Crippen molar-refractivity contribution in [3.05, 3.63) is 212 Å². The van der Waals surface area contributed by atoms with Gasteiger partial charge in [0.2, 0.25) is 0 Å². The van der Waals surface area contributed by atoms with Crippen LogP contribution < -0.4 is 4.90 Å². The van der Waals surface area contributed by atoms with Crippen LogP contribution in [0.5, 0.6) is 0 Å². The van der Waals surface area contributed by atoms with E-state index in [-0.39, 0.29) is 0 Å². The van der Waals surface area contributed by atoms with E-state index in [0.29, 0.717) is 0 Å². The molecule has 262 valence electrons. The number of nitrogens with zero attached hydrogens (tertiary/aromatic N) is 1. The van der Waals surface area contributed by atoms with Crippen LogP contribution in [0.3, 0.4) is 0 Å². The van der Waals surface area contributed by atoms with Crippen LogP contribution in [-0.4, -0.2) is 0 Å². The van der Waals surface area contributed by atoms with Crippen molar-refractivity contribution in [3.8, 4) is 33.4 Å². The maximum absolute atomic E-state index is 6.94. The molecule has 0 aliphatic rings. The Morgan fingerprint density at radius 3 is 1.73 bits per heavy atom. The molecule has 1 aromatic heterocycles. The van der Waals surface area contributed by atoms with Gasteiger partial charge in [0.05, 0.1) is 16.8 Å². The van der Waals surface area contributed by atoms with Gasteiger partial charge < -0.3 is 9.32 Å². The Morgan fingerprint density at radius 1 is 0.321 bits per heavy atom. The van der Waals surface area contributed by atoms with Gasteiger partial charge in [-0.15, -0.1) is 0 Å². The lowest BCUT2D eigenvalue weighted by atomic mass is 9.92. The fraction of sp³-hybridized carbons (Fsp3) is 0. The number of fused-ring (bicyclic) bond motifs is 7. The van der Waals surface area contributed by atoms with E-state index in [2.05, 4.69) is 217 Å². The molecule has 0 fully saturated rings. The van der Waals surface area contributed by atoms with Crippen molar-refractivity contribution in [1.82, 2.24) is 0 Å². The summed E-state index contributed by atoms with van der Waals surface area (Å²) in [5.41, 5.74) is 11.9. The second-order valence-corrected chi connectivity index (χ2v) is 14.4. The van der Waals surface area contributed by atoms with Gasteiger partial charge in [0, 0.05) is 22.0 Å². The summed E-state index contributed by atoms with van der Waals surface area (Å²) in [5, 5.41) is 9.43. The number of para-hydroxylation sites is 1. The molecule has 0 saturated heterocycles. The molecule has 11 aromatic rings. The van der Waals surface area contributed by atoms with Gasteiger partial charge >= 0.3 is 0 Å². The van der Waals surface area contributed by atoms with Crippen LogP contribution in [-0.2, 0) is 0 Å². The van der Waals surface area contributed by atoms with Crippen LogP contribution >= 0.6 is 0 Å². The molecule has 1 heterocycles. The average molecular weight is 714 g/mol. The summed E-state index contributed by atoms with van der Waals surface area (Å²) in [4.78, 5) is 2.45. The first-order valence-corrected chi connectivity index (χ1v) is 19.2. The molecule has 0 unspecified atom stereocenters. The molecule has 10 aromatic carbocycles. The standard InChI is InChI=1S/C54H35NO/c1-3-15-36(16-4-1)43-32-30-40(35-49(43)38-17-5-2-6-18-38)55(50-27-14-26-44-42-23-10-8-20-39(42)29-31-46(44)50)51-34-33-47(45-25-13-21-37-19-7-9-22-41(37)45)54-53(51)48-24-11-12-28-52(48)56-54/h1-35H. The SMILES string of the molecule is c1ccc(-c2ccc(N(c3cccc4c3ccc3ccccc34)c3ccc(-c4cccc5ccccc45)c4oc5ccccc5c34)cc2-c2ccccc2)cc1. The summed E-state index contributed by atoms with van der Waals surface area (Å²) >= 11 is 0. The van der Waals surface area contributed by atoms with Crippen molar-refractivity contribution in [2.24, 2.45) is 0 Å². The molecule has 0 aliphatic heterocycles. The van der Waals surface area contributed by atoms with Crippen molar-refractivity contribution in [1.29, 1.82) is 0 Å². The summed E-state index contributed by atoms with van der Waals surface area (Å²) in [6.07, 6.45) is 0. The van der Waals surface area contributed by atoms with Gasteiger partial charge in [-0.3, -0.25) is 0 Å². The lowest BCUT2D eigenvalue weighted by molar-refractivity contribution is 0.670. The smallest absolute Gasteiger partial charge is 0.145 e. The zero-order chi connectivity index (χ0) is 37.0. The molecule has 11 rings (SSSR count). The zero-order valence-corrected chi connectivity index (χ0v) is 30.6. The Morgan fingerprint density at radius 2 is 0.929 bits per heavy atom. The Kier molecular flexibility index (Phi) is 7.53. The monoisotopic (exact) mass is 713 g/mol.